The molecule has 5 nitrogen and oxygen atoms in total. The van der Waals surface area contributed by atoms with Crippen molar-refractivity contribution >= 4 is 22.7 Å². The topological polar surface area (TPSA) is 45.2 Å². The van der Waals surface area contributed by atoms with E-state index in [0.29, 0.717) is 0 Å². The van der Waals surface area contributed by atoms with Crippen LogP contribution in [0, 0.1) is 0 Å². The Morgan fingerprint density at radius 1 is 0.963 bits per heavy atom. The maximum absolute atomic E-state index is 10.6. The lowest BCUT2D eigenvalue weighted by atomic mass is 10.1. The number of β-amino-alcohol motifs (C(OH)–C–C–N with tert-alkyl or cyclic N) is 1. The zero-order chi connectivity index (χ0) is 18.5. The van der Waals surface area contributed by atoms with Crippen LogP contribution < -0.4 is 0 Å². The molecule has 148 valence electrons. The van der Waals surface area contributed by atoms with Gasteiger partial charge in [-0.3, -0.25) is 9.80 Å². The van der Waals surface area contributed by atoms with Gasteiger partial charge in [-0.05, 0) is 51.2 Å². The number of aliphatic hydroxyl groups excluding tert-OH is 1. The van der Waals surface area contributed by atoms with Crippen LogP contribution in [0.2, 0.25) is 0 Å². The summed E-state index contributed by atoms with van der Waals surface area (Å²) in [5, 5.41) is 19.1. The summed E-state index contributed by atoms with van der Waals surface area (Å²) >= 11 is 3.43. The molecule has 0 aromatic carbocycles. The van der Waals surface area contributed by atoms with Crippen LogP contribution in [0.1, 0.15) is 29.8 Å². The van der Waals surface area contributed by atoms with E-state index in [4.69, 9.17) is 9.47 Å². The average Bonchev–Trinajstić information content (AvgIpc) is 3.41. The summed E-state index contributed by atoms with van der Waals surface area (Å²) in [6, 6.07) is 4.29. The van der Waals surface area contributed by atoms with Crippen LogP contribution >= 0.6 is 22.7 Å². The first-order valence-corrected chi connectivity index (χ1v) is 11.6. The number of ether oxygens (including phenoxy) is 2. The van der Waals surface area contributed by atoms with Crippen LogP contribution in [0.4, 0.5) is 0 Å². The predicted octanol–water partition coefficient (Wildman–Crippen LogP) is 3.01. The highest BCUT2D eigenvalue weighted by molar-refractivity contribution is 7.08. The zero-order valence-corrected chi connectivity index (χ0v) is 17.2. The van der Waals surface area contributed by atoms with E-state index < -0.39 is 0 Å². The molecule has 0 bridgehead atoms. The fraction of sp³-hybridized carbons (Fsp3) is 0.600. The number of hydrogen-bond acceptors (Lipinski definition) is 7. The van der Waals surface area contributed by atoms with Crippen molar-refractivity contribution in [2.45, 2.75) is 24.7 Å². The Hall–Kier alpha value is -0.800. The molecular formula is C20H28N2O3S2. The van der Waals surface area contributed by atoms with Crippen molar-refractivity contribution in [3.8, 4) is 0 Å². The van der Waals surface area contributed by atoms with Crippen LogP contribution in [-0.2, 0) is 9.47 Å². The number of rotatable bonds is 7. The third-order valence-corrected chi connectivity index (χ3v) is 6.78. The predicted molar refractivity (Wildman–Crippen MR) is 110 cm³/mol. The maximum atomic E-state index is 10.6. The second-order valence-corrected chi connectivity index (χ2v) is 8.89. The van der Waals surface area contributed by atoms with Crippen molar-refractivity contribution in [3.63, 3.8) is 0 Å². The van der Waals surface area contributed by atoms with Crippen molar-refractivity contribution < 1.29 is 14.6 Å². The number of morpholine rings is 2. The molecule has 7 heteroatoms. The van der Waals surface area contributed by atoms with E-state index >= 15 is 0 Å². The molecule has 0 amide bonds. The van der Waals surface area contributed by atoms with Crippen molar-refractivity contribution in [1.82, 2.24) is 9.80 Å². The van der Waals surface area contributed by atoms with E-state index in [1.807, 2.05) is 0 Å². The number of nitrogens with zero attached hydrogens (tertiary/aromatic N) is 2. The van der Waals surface area contributed by atoms with Gasteiger partial charge in [-0.2, -0.15) is 22.7 Å². The minimum absolute atomic E-state index is 0.141. The summed E-state index contributed by atoms with van der Waals surface area (Å²) in [4.78, 5) is 4.76. The lowest BCUT2D eigenvalue weighted by Gasteiger charge is -2.35. The van der Waals surface area contributed by atoms with Crippen molar-refractivity contribution in [3.05, 3.63) is 44.8 Å². The molecule has 27 heavy (non-hydrogen) atoms. The third-order valence-electron chi connectivity index (χ3n) is 5.38. The molecule has 2 aromatic rings. The molecule has 2 aromatic heterocycles. The highest BCUT2D eigenvalue weighted by atomic mass is 32.1. The van der Waals surface area contributed by atoms with Gasteiger partial charge >= 0.3 is 0 Å². The second kappa shape index (κ2) is 9.60. The van der Waals surface area contributed by atoms with E-state index in [-0.39, 0.29) is 18.3 Å². The molecular weight excluding hydrogens is 380 g/mol. The molecule has 1 N–H and O–H groups in total. The first-order valence-electron chi connectivity index (χ1n) is 9.68. The van der Waals surface area contributed by atoms with Gasteiger partial charge in [0.05, 0.1) is 31.5 Å². The van der Waals surface area contributed by atoms with Crippen molar-refractivity contribution in [2.24, 2.45) is 0 Å². The molecule has 4 heterocycles. The molecule has 4 rings (SSSR count). The minimum atomic E-state index is -0.298. The fourth-order valence-electron chi connectivity index (χ4n) is 3.81. The van der Waals surface area contributed by atoms with Gasteiger partial charge in [0.1, 0.15) is 0 Å². The van der Waals surface area contributed by atoms with Crippen LogP contribution in [0.15, 0.2) is 33.7 Å². The molecule has 2 aliphatic heterocycles. The normalized spacial score (nSPS) is 26.3. The Morgan fingerprint density at radius 2 is 1.56 bits per heavy atom. The Balaban J connectivity index is 1.21. The molecule has 2 saturated heterocycles. The van der Waals surface area contributed by atoms with E-state index in [0.717, 1.165) is 58.9 Å². The largest absolute Gasteiger partial charge is 0.392 e. The lowest BCUT2D eigenvalue weighted by Crippen LogP contribution is -2.44. The van der Waals surface area contributed by atoms with Gasteiger partial charge in [0.2, 0.25) is 0 Å². The quantitative estimate of drug-likeness (QED) is 0.763. The van der Waals surface area contributed by atoms with Crippen molar-refractivity contribution in [2.75, 3.05) is 52.5 Å². The average molecular weight is 409 g/mol. The molecule has 3 atom stereocenters. The second-order valence-electron chi connectivity index (χ2n) is 7.33. The summed E-state index contributed by atoms with van der Waals surface area (Å²) in [5.41, 5.74) is 2.53. The van der Waals surface area contributed by atoms with Gasteiger partial charge in [-0.15, -0.1) is 0 Å². The summed E-state index contributed by atoms with van der Waals surface area (Å²) in [5.74, 6) is 0. The smallest absolute Gasteiger partial charge is 0.0960 e. The molecule has 2 aliphatic rings. The standard InChI is InChI=1S/C20H28N2O3S2/c23-18(11-22-6-8-25-20(13-22)17-3-10-27-15-17)1-4-21-5-7-24-19(12-21)16-2-9-26-14-16/h2-3,9-10,14-15,18-20,23H,1,4-8,11-13H2/t18-,19+,20+/m1/s1. The molecule has 0 unspecified atom stereocenters. The van der Waals surface area contributed by atoms with Crippen LogP contribution in [0.3, 0.4) is 0 Å². The van der Waals surface area contributed by atoms with Crippen LogP contribution in [0.25, 0.3) is 0 Å². The zero-order valence-electron chi connectivity index (χ0n) is 15.5. The first-order chi connectivity index (χ1) is 13.3. The summed E-state index contributed by atoms with van der Waals surface area (Å²) in [6.07, 6.45) is 0.820. The van der Waals surface area contributed by atoms with E-state index in [1.165, 1.54) is 11.1 Å². The van der Waals surface area contributed by atoms with Crippen molar-refractivity contribution in [1.29, 1.82) is 0 Å². The Labute approximate surface area is 169 Å². The number of aliphatic hydroxyl groups is 1. The van der Waals surface area contributed by atoms with Crippen LogP contribution in [-0.4, -0.2) is 73.5 Å². The fourth-order valence-corrected chi connectivity index (χ4v) is 5.22. The monoisotopic (exact) mass is 408 g/mol. The maximum Gasteiger partial charge on any atom is 0.0960 e. The molecule has 0 aliphatic carbocycles. The summed E-state index contributed by atoms with van der Waals surface area (Å²) < 4.78 is 11.8. The first kappa shape index (κ1) is 19.5. The molecule has 0 saturated carbocycles. The van der Waals surface area contributed by atoms with Gasteiger partial charge < -0.3 is 14.6 Å². The lowest BCUT2D eigenvalue weighted by molar-refractivity contribution is -0.0485. The Bertz CT molecular complexity index is 665. The van der Waals surface area contributed by atoms with Crippen LogP contribution in [0.5, 0.6) is 0 Å². The van der Waals surface area contributed by atoms with Gasteiger partial charge in [0.25, 0.3) is 0 Å². The van der Waals surface area contributed by atoms with Gasteiger partial charge in [0.15, 0.2) is 0 Å². The highest BCUT2D eigenvalue weighted by Gasteiger charge is 2.25. The Morgan fingerprint density at radius 3 is 2.15 bits per heavy atom. The molecule has 0 radical (unpaired) electrons. The Kier molecular flexibility index (Phi) is 6.94. The minimum Gasteiger partial charge on any atom is -0.392 e. The highest BCUT2D eigenvalue weighted by Crippen LogP contribution is 2.25. The van der Waals surface area contributed by atoms with Gasteiger partial charge in [-0.25, -0.2) is 0 Å². The number of hydrogen-bond donors (Lipinski definition) is 1. The summed E-state index contributed by atoms with van der Waals surface area (Å²) in [7, 11) is 0. The van der Waals surface area contributed by atoms with Gasteiger partial charge in [-0.1, -0.05) is 0 Å². The molecule has 0 spiro atoms. The SMILES string of the molecule is O[C@H](CCN1CCO[C@H](c2ccsc2)C1)CN1CCO[C@H](c2ccsc2)C1. The molecule has 2 fully saturated rings. The van der Waals surface area contributed by atoms with E-state index in [2.05, 4.69) is 43.5 Å². The third kappa shape index (κ3) is 5.38. The van der Waals surface area contributed by atoms with Gasteiger partial charge in [0, 0.05) is 39.3 Å². The summed E-state index contributed by atoms with van der Waals surface area (Å²) in [6.45, 7) is 6.78. The number of thiophene rings is 2. The van der Waals surface area contributed by atoms with E-state index in [9.17, 15) is 5.11 Å². The van der Waals surface area contributed by atoms with E-state index in [1.54, 1.807) is 22.7 Å².